The number of hydrogen-bond acceptors (Lipinski definition) is 2. The quantitative estimate of drug-likeness (QED) is 0.845. The van der Waals surface area contributed by atoms with E-state index in [1.807, 2.05) is 25.3 Å². The van der Waals surface area contributed by atoms with Crippen LogP contribution in [-0.2, 0) is 24.3 Å². The van der Waals surface area contributed by atoms with Crippen LogP contribution in [0.15, 0.2) is 10.9 Å². The lowest BCUT2D eigenvalue weighted by Gasteiger charge is -2.18. The van der Waals surface area contributed by atoms with Crippen LogP contribution in [0.1, 0.15) is 38.4 Å². The molecule has 104 valence electrons. The number of nitrogens with zero attached hydrogens (tertiary/aromatic N) is 1. The number of pyridine rings is 1. The van der Waals surface area contributed by atoms with Crippen molar-refractivity contribution in [2.75, 3.05) is 0 Å². The molecule has 0 spiro atoms. The van der Waals surface area contributed by atoms with Gasteiger partial charge in [0.2, 0.25) is 5.91 Å². The molecule has 0 unspecified atom stereocenters. The largest absolute Gasteiger partial charge is 0.351 e. The summed E-state index contributed by atoms with van der Waals surface area (Å²) in [6.07, 6.45) is 1.83. The van der Waals surface area contributed by atoms with E-state index in [-0.39, 0.29) is 17.9 Å². The molecule has 1 aromatic heterocycles. The molecule has 0 atom stereocenters. The molecule has 19 heavy (non-hydrogen) atoms. The molecule has 0 aromatic carbocycles. The maximum absolute atomic E-state index is 12.0. The van der Waals surface area contributed by atoms with E-state index in [0.29, 0.717) is 10.7 Å². The fourth-order valence-electron chi connectivity index (χ4n) is 2.26. The van der Waals surface area contributed by atoms with Crippen molar-refractivity contribution in [3.8, 4) is 0 Å². The predicted octanol–water partition coefficient (Wildman–Crippen LogP) is 2.11. The molecule has 1 aliphatic heterocycles. The van der Waals surface area contributed by atoms with E-state index in [1.165, 1.54) is 6.07 Å². The minimum absolute atomic E-state index is 0.0569. The van der Waals surface area contributed by atoms with Gasteiger partial charge in [0.05, 0.1) is 0 Å². The van der Waals surface area contributed by atoms with Gasteiger partial charge in [-0.1, -0.05) is 32.4 Å². The fourth-order valence-corrected chi connectivity index (χ4v) is 2.55. The standard InChI is InChI=1S/C14H19ClN2O2/c1-14(2,3)13(19)16-8-9-10-5-4-6-17(10)12(15)7-11(9)18/h7H,4-6,8H2,1-3H3,(H,16,19). The smallest absolute Gasteiger partial charge is 0.225 e. The lowest BCUT2D eigenvalue weighted by molar-refractivity contribution is -0.128. The van der Waals surface area contributed by atoms with E-state index in [4.69, 9.17) is 11.6 Å². The van der Waals surface area contributed by atoms with Gasteiger partial charge in [-0.05, 0) is 12.8 Å². The van der Waals surface area contributed by atoms with Crippen molar-refractivity contribution in [3.05, 3.63) is 32.7 Å². The second-order valence-electron chi connectivity index (χ2n) is 5.94. The summed E-state index contributed by atoms with van der Waals surface area (Å²) in [5, 5.41) is 3.32. The average molecular weight is 283 g/mol. The summed E-state index contributed by atoms with van der Waals surface area (Å²) in [5.41, 5.74) is 1.09. The number of nitrogens with one attached hydrogen (secondary N) is 1. The molecule has 2 heterocycles. The van der Waals surface area contributed by atoms with Gasteiger partial charge in [-0.25, -0.2) is 0 Å². The summed E-state index contributed by atoms with van der Waals surface area (Å²) in [4.78, 5) is 23.9. The SMILES string of the molecule is CC(C)(C)C(=O)NCc1c2n(c(Cl)cc1=O)CCC2. The molecule has 1 aliphatic rings. The van der Waals surface area contributed by atoms with E-state index >= 15 is 0 Å². The highest BCUT2D eigenvalue weighted by molar-refractivity contribution is 6.29. The molecular formula is C14H19ClN2O2. The van der Waals surface area contributed by atoms with E-state index in [0.717, 1.165) is 25.1 Å². The van der Waals surface area contributed by atoms with Gasteiger partial charge >= 0.3 is 0 Å². The Hall–Kier alpha value is -1.29. The van der Waals surface area contributed by atoms with Gasteiger partial charge in [-0.2, -0.15) is 0 Å². The minimum Gasteiger partial charge on any atom is -0.351 e. The van der Waals surface area contributed by atoms with Crippen LogP contribution in [0.2, 0.25) is 5.15 Å². The first-order valence-electron chi connectivity index (χ1n) is 6.50. The summed E-state index contributed by atoms with van der Waals surface area (Å²) in [6.45, 7) is 6.67. The molecule has 0 saturated heterocycles. The highest BCUT2D eigenvalue weighted by Crippen LogP contribution is 2.22. The van der Waals surface area contributed by atoms with Crippen molar-refractivity contribution in [2.24, 2.45) is 5.41 Å². The molecule has 0 radical (unpaired) electrons. The Morgan fingerprint density at radius 2 is 2.16 bits per heavy atom. The van der Waals surface area contributed by atoms with Gasteiger partial charge in [0.15, 0.2) is 5.43 Å². The van der Waals surface area contributed by atoms with Crippen LogP contribution in [0.3, 0.4) is 0 Å². The van der Waals surface area contributed by atoms with Crippen molar-refractivity contribution in [1.82, 2.24) is 9.88 Å². The number of hydrogen-bond donors (Lipinski definition) is 1. The zero-order chi connectivity index (χ0) is 14.2. The van der Waals surface area contributed by atoms with Gasteiger partial charge < -0.3 is 9.88 Å². The summed E-state index contributed by atoms with van der Waals surface area (Å²) < 4.78 is 1.96. The third-order valence-electron chi connectivity index (χ3n) is 3.38. The van der Waals surface area contributed by atoms with Gasteiger partial charge in [-0.3, -0.25) is 9.59 Å². The molecule has 5 heteroatoms. The Kier molecular flexibility index (Phi) is 3.72. The average Bonchev–Trinajstić information content (AvgIpc) is 2.76. The molecule has 4 nitrogen and oxygen atoms in total. The first kappa shape index (κ1) is 14.1. The Labute approximate surface area is 117 Å². The van der Waals surface area contributed by atoms with Crippen LogP contribution in [0.5, 0.6) is 0 Å². The second-order valence-corrected chi connectivity index (χ2v) is 6.33. The zero-order valence-electron chi connectivity index (χ0n) is 11.5. The van der Waals surface area contributed by atoms with E-state index in [9.17, 15) is 9.59 Å². The van der Waals surface area contributed by atoms with E-state index in [1.54, 1.807) is 0 Å². The number of aromatic nitrogens is 1. The number of fused-ring (bicyclic) bond motifs is 1. The molecule has 1 N–H and O–H groups in total. The molecular weight excluding hydrogens is 264 g/mol. The molecule has 0 fully saturated rings. The van der Waals surface area contributed by atoms with Crippen LogP contribution in [0, 0.1) is 5.41 Å². The Balaban J connectivity index is 2.25. The number of carbonyl (C=O) groups excluding carboxylic acids is 1. The van der Waals surface area contributed by atoms with E-state index < -0.39 is 5.41 Å². The Morgan fingerprint density at radius 1 is 1.47 bits per heavy atom. The Bertz CT molecular complexity index is 570. The van der Waals surface area contributed by atoms with Crippen LogP contribution < -0.4 is 10.7 Å². The number of halogens is 1. The van der Waals surface area contributed by atoms with Crippen LogP contribution in [-0.4, -0.2) is 10.5 Å². The van der Waals surface area contributed by atoms with Crippen LogP contribution in [0.4, 0.5) is 0 Å². The first-order chi connectivity index (χ1) is 8.80. The van der Waals surface area contributed by atoms with Crippen molar-refractivity contribution in [1.29, 1.82) is 0 Å². The molecule has 1 aromatic rings. The summed E-state index contributed by atoms with van der Waals surface area (Å²) in [6, 6.07) is 1.44. The van der Waals surface area contributed by atoms with Crippen molar-refractivity contribution in [3.63, 3.8) is 0 Å². The topological polar surface area (TPSA) is 51.1 Å². The van der Waals surface area contributed by atoms with Crippen molar-refractivity contribution >= 4 is 17.5 Å². The third-order valence-corrected chi connectivity index (χ3v) is 3.70. The monoisotopic (exact) mass is 282 g/mol. The van der Waals surface area contributed by atoms with E-state index in [2.05, 4.69) is 5.32 Å². The number of carbonyl (C=O) groups is 1. The molecule has 0 aliphatic carbocycles. The molecule has 0 bridgehead atoms. The zero-order valence-corrected chi connectivity index (χ0v) is 12.3. The van der Waals surface area contributed by atoms with Crippen LogP contribution in [0.25, 0.3) is 0 Å². The predicted molar refractivity (Wildman–Crippen MR) is 75.3 cm³/mol. The lowest BCUT2D eigenvalue weighted by atomic mass is 9.95. The van der Waals surface area contributed by atoms with Crippen molar-refractivity contribution in [2.45, 2.75) is 46.7 Å². The van der Waals surface area contributed by atoms with Crippen molar-refractivity contribution < 1.29 is 4.79 Å². The minimum atomic E-state index is -0.453. The van der Waals surface area contributed by atoms with Gasteiger partial charge in [0.1, 0.15) is 5.15 Å². The molecule has 1 amide bonds. The van der Waals surface area contributed by atoms with Gasteiger partial charge in [-0.15, -0.1) is 0 Å². The van der Waals surface area contributed by atoms with Gasteiger partial charge in [0, 0.05) is 35.8 Å². The fraction of sp³-hybridized carbons (Fsp3) is 0.571. The summed E-state index contributed by atoms with van der Waals surface area (Å²) in [5.74, 6) is -0.0569. The van der Waals surface area contributed by atoms with Gasteiger partial charge in [0.25, 0.3) is 0 Å². The van der Waals surface area contributed by atoms with Crippen LogP contribution >= 0.6 is 11.6 Å². The first-order valence-corrected chi connectivity index (χ1v) is 6.88. The molecule has 0 saturated carbocycles. The number of rotatable bonds is 2. The second kappa shape index (κ2) is 5.00. The molecule has 2 rings (SSSR count). The maximum atomic E-state index is 12.0. The maximum Gasteiger partial charge on any atom is 0.225 e. The highest BCUT2D eigenvalue weighted by Gasteiger charge is 2.23. The third kappa shape index (κ3) is 2.84. The normalized spacial score (nSPS) is 14.3. The summed E-state index contributed by atoms with van der Waals surface area (Å²) >= 11 is 6.06. The number of amides is 1. The Morgan fingerprint density at radius 3 is 2.79 bits per heavy atom. The summed E-state index contributed by atoms with van der Waals surface area (Å²) in [7, 11) is 0. The lowest BCUT2D eigenvalue weighted by Crippen LogP contribution is -2.36. The highest BCUT2D eigenvalue weighted by atomic mass is 35.5.